The van der Waals surface area contributed by atoms with Crippen LogP contribution in [-0.4, -0.2) is 31.1 Å². The van der Waals surface area contributed by atoms with Gasteiger partial charge in [-0.15, -0.1) is 0 Å². The van der Waals surface area contributed by atoms with E-state index in [4.69, 9.17) is 5.73 Å². The van der Waals surface area contributed by atoms with Gasteiger partial charge in [-0.25, -0.2) is 4.39 Å². The zero-order valence-corrected chi connectivity index (χ0v) is 9.69. The molecular formula is C12H16FN3O. The molecule has 92 valence electrons. The molecule has 1 aromatic rings. The highest BCUT2D eigenvalue weighted by atomic mass is 19.1. The number of rotatable bonds is 2. The van der Waals surface area contributed by atoms with E-state index in [1.54, 1.807) is 23.1 Å². The van der Waals surface area contributed by atoms with Crippen molar-refractivity contribution in [3.63, 3.8) is 0 Å². The van der Waals surface area contributed by atoms with Crippen molar-refractivity contribution in [2.24, 2.45) is 5.73 Å². The van der Waals surface area contributed by atoms with Gasteiger partial charge in [0.2, 0.25) is 5.91 Å². The van der Waals surface area contributed by atoms with Crippen molar-refractivity contribution in [1.82, 2.24) is 5.32 Å². The molecule has 2 unspecified atom stereocenters. The van der Waals surface area contributed by atoms with E-state index in [9.17, 15) is 9.18 Å². The van der Waals surface area contributed by atoms with Crippen LogP contribution in [0.4, 0.5) is 10.1 Å². The van der Waals surface area contributed by atoms with Crippen molar-refractivity contribution in [1.29, 1.82) is 0 Å². The first-order chi connectivity index (χ1) is 8.13. The van der Waals surface area contributed by atoms with Crippen molar-refractivity contribution in [2.45, 2.75) is 19.0 Å². The number of amides is 1. The summed E-state index contributed by atoms with van der Waals surface area (Å²) in [5, 5.41) is 2.82. The van der Waals surface area contributed by atoms with Crippen LogP contribution in [0.15, 0.2) is 24.3 Å². The normalized spacial score (nSPS) is 24.6. The van der Waals surface area contributed by atoms with Gasteiger partial charge in [0.1, 0.15) is 11.9 Å². The van der Waals surface area contributed by atoms with E-state index in [2.05, 4.69) is 5.32 Å². The van der Waals surface area contributed by atoms with E-state index in [-0.39, 0.29) is 24.3 Å². The van der Waals surface area contributed by atoms with Crippen LogP contribution in [0.25, 0.3) is 0 Å². The molecule has 3 N–H and O–H groups in total. The third-order valence-electron chi connectivity index (χ3n) is 2.92. The smallest absolute Gasteiger partial charge is 0.244 e. The van der Waals surface area contributed by atoms with Crippen molar-refractivity contribution in [3.8, 4) is 0 Å². The first kappa shape index (κ1) is 11.9. The Labute approximate surface area is 99.6 Å². The maximum atomic E-state index is 13.7. The summed E-state index contributed by atoms with van der Waals surface area (Å²) in [6.07, 6.45) is 0. The van der Waals surface area contributed by atoms with Crippen molar-refractivity contribution in [3.05, 3.63) is 30.1 Å². The number of piperazine rings is 1. The molecule has 1 aliphatic heterocycles. The molecule has 4 nitrogen and oxygen atoms in total. The maximum Gasteiger partial charge on any atom is 0.244 e. The van der Waals surface area contributed by atoms with Gasteiger partial charge in [0, 0.05) is 19.1 Å². The standard InChI is InChI=1S/C12H16FN3O/c1-8-7-16(11(6-14)12(17)15-8)10-5-3-2-4-9(10)13/h2-5,8,11H,6-7,14H2,1H3,(H,15,17). The summed E-state index contributed by atoms with van der Waals surface area (Å²) in [6, 6.07) is 5.93. The summed E-state index contributed by atoms with van der Waals surface area (Å²) >= 11 is 0. The predicted molar refractivity (Wildman–Crippen MR) is 64.2 cm³/mol. The maximum absolute atomic E-state index is 13.7. The number of nitrogens with zero attached hydrogens (tertiary/aromatic N) is 1. The molecule has 1 fully saturated rings. The highest BCUT2D eigenvalue weighted by Gasteiger charge is 2.32. The van der Waals surface area contributed by atoms with E-state index in [0.29, 0.717) is 12.2 Å². The van der Waals surface area contributed by atoms with Gasteiger partial charge in [-0.1, -0.05) is 12.1 Å². The Morgan fingerprint density at radius 2 is 2.24 bits per heavy atom. The Morgan fingerprint density at radius 3 is 2.88 bits per heavy atom. The van der Waals surface area contributed by atoms with Gasteiger partial charge >= 0.3 is 0 Å². The lowest BCUT2D eigenvalue weighted by atomic mass is 10.1. The zero-order chi connectivity index (χ0) is 12.4. The Balaban J connectivity index is 2.34. The summed E-state index contributed by atoms with van der Waals surface area (Å²) in [5.74, 6) is -0.470. The minimum Gasteiger partial charge on any atom is -0.354 e. The van der Waals surface area contributed by atoms with Crippen molar-refractivity contribution >= 4 is 11.6 Å². The molecule has 2 rings (SSSR count). The molecule has 1 amide bonds. The monoisotopic (exact) mass is 237 g/mol. The van der Waals surface area contributed by atoms with Gasteiger partial charge in [0.05, 0.1) is 5.69 Å². The van der Waals surface area contributed by atoms with Gasteiger partial charge in [-0.05, 0) is 19.1 Å². The molecule has 1 aliphatic rings. The lowest BCUT2D eigenvalue weighted by molar-refractivity contribution is -0.123. The zero-order valence-electron chi connectivity index (χ0n) is 9.69. The van der Waals surface area contributed by atoms with Gasteiger partial charge in [-0.2, -0.15) is 0 Å². The first-order valence-electron chi connectivity index (χ1n) is 5.65. The van der Waals surface area contributed by atoms with E-state index < -0.39 is 6.04 Å². The Hall–Kier alpha value is -1.62. The number of carbonyl (C=O) groups is 1. The predicted octanol–water partition coefficient (Wildman–Crippen LogP) is 0.478. The van der Waals surface area contributed by atoms with Crippen LogP contribution in [0.3, 0.4) is 0 Å². The summed E-state index contributed by atoms with van der Waals surface area (Å²) in [7, 11) is 0. The second kappa shape index (κ2) is 4.71. The molecule has 0 bridgehead atoms. The molecule has 0 saturated carbocycles. The van der Waals surface area contributed by atoms with Gasteiger partial charge in [-0.3, -0.25) is 4.79 Å². The largest absolute Gasteiger partial charge is 0.354 e. The van der Waals surface area contributed by atoms with Crippen LogP contribution in [0.2, 0.25) is 0 Å². The van der Waals surface area contributed by atoms with Crippen LogP contribution in [0.1, 0.15) is 6.92 Å². The van der Waals surface area contributed by atoms with Crippen LogP contribution in [0, 0.1) is 5.82 Å². The van der Waals surface area contributed by atoms with E-state index in [1.165, 1.54) is 6.07 Å². The van der Waals surface area contributed by atoms with E-state index >= 15 is 0 Å². The molecule has 17 heavy (non-hydrogen) atoms. The highest BCUT2D eigenvalue weighted by Crippen LogP contribution is 2.23. The van der Waals surface area contributed by atoms with E-state index in [0.717, 1.165) is 0 Å². The number of hydrogen-bond acceptors (Lipinski definition) is 3. The van der Waals surface area contributed by atoms with Crippen LogP contribution >= 0.6 is 0 Å². The third kappa shape index (κ3) is 2.24. The number of benzene rings is 1. The van der Waals surface area contributed by atoms with Gasteiger partial charge < -0.3 is 16.0 Å². The molecule has 2 atom stereocenters. The Bertz CT molecular complexity index is 424. The van der Waals surface area contributed by atoms with Crippen LogP contribution in [0.5, 0.6) is 0 Å². The highest BCUT2D eigenvalue weighted by molar-refractivity contribution is 5.87. The number of hydrogen-bond donors (Lipinski definition) is 2. The number of nitrogens with one attached hydrogen (secondary N) is 1. The number of anilines is 1. The fourth-order valence-electron chi connectivity index (χ4n) is 2.13. The number of halogens is 1. The molecular weight excluding hydrogens is 221 g/mol. The summed E-state index contributed by atoms with van der Waals surface area (Å²) in [4.78, 5) is 13.5. The molecule has 1 heterocycles. The average Bonchev–Trinajstić information content (AvgIpc) is 2.28. The molecule has 5 heteroatoms. The average molecular weight is 237 g/mol. The quantitative estimate of drug-likeness (QED) is 0.786. The molecule has 1 saturated heterocycles. The van der Waals surface area contributed by atoms with Gasteiger partial charge in [0.15, 0.2) is 0 Å². The van der Waals surface area contributed by atoms with E-state index in [1.807, 2.05) is 6.92 Å². The molecule has 0 aromatic heterocycles. The van der Waals surface area contributed by atoms with Crippen molar-refractivity contribution < 1.29 is 9.18 Å². The molecule has 0 spiro atoms. The van der Waals surface area contributed by atoms with Crippen LogP contribution in [-0.2, 0) is 4.79 Å². The van der Waals surface area contributed by atoms with Crippen molar-refractivity contribution in [2.75, 3.05) is 18.0 Å². The summed E-state index contributed by atoms with van der Waals surface area (Å²) in [6.45, 7) is 2.62. The number of carbonyl (C=O) groups excluding carboxylic acids is 1. The lowest BCUT2D eigenvalue weighted by Gasteiger charge is -2.39. The summed E-state index contributed by atoms with van der Waals surface area (Å²) < 4.78 is 13.7. The first-order valence-corrected chi connectivity index (χ1v) is 5.65. The minimum atomic E-state index is -0.497. The lowest BCUT2D eigenvalue weighted by Crippen LogP contribution is -2.62. The van der Waals surface area contributed by atoms with Crippen LogP contribution < -0.4 is 16.0 Å². The third-order valence-corrected chi connectivity index (χ3v) is 2.92. The molecule has 1 aromatic carbocycles. The number of para-hydroxylation sites is 1. The topological polar surface area (TPSA) is 58.4 Å². The SMILES string of the molecule is CC1CN(c2ccccc2F)C(CN)C(=O)N1. The second-order valence-corrected chi connectivity index (χ2v) is 4.26. The fraction of sp³-hybridized carbons (Fsp3) is 0.417. The second-order valence-electron chi connectivity index (χ2n) is 4.26. The summed E-state index contributed by atoms with van der Waals surface area (Å²) in [5.41, 5.74) is 6.03. The Kier molecular flexibility index (Phi) is 3.28. The van der Waals surface area contributed by atoms with Gasteiger partial charge in [0.25, 0.3) is 0 Å². The molecule has 0 aliphatic carbocycles. The fourth-order valence-corrected chi connectivity index (χ4v) is 2.13. The number of nitrogens with two attached hydrogens (primary N) is 1. The molecule has 0 radical (unpaired) electrons. The Morgan fingerprint density at radius 1 is 1.53 bits per heavy atom. The minimum absolute atomic E-state index is 0.00935.